The van der Waals surface area contributed by atoms with Crippen molar-refractivity contribution in [3.05, 3.63) is 29.8 Å². The third kappa shape index (κ3) is 3.90. The number of rotatable bonds is 7. The van der Waals surface area contributed by atoms with Crippen LogP contribution in [-0.4, -0.2) is 18.5 Å². The predicted octanol–water partition coefficient (Wildman–Crippen LogP) is 3.58. The lowest BCUT2D eigenvalue weighted by Gasteiger charge is -2.31. The van der Waals surface area contributed by atoms with Crippen LogP contribution in [0.1, 0.15) is 32.3 Å². The quantitative estimate of drug-likeness (QED) is 0.752. The van der Waals surface area contributed by atoms with E-state index in [-0.39, 0.29) is 5.54 Å². The topological polar surface area (TPSA) is 21.3 Å². The lowest BCUT2D eigenvalue weighted by molar-refractivity contribution is 0.334. The maximum atomic E-state index is 6.06. The molecule has 3 heteroatoms. The number of halogens is 1. The fourth-order valence-corrected chi connectivity index (χ4v) is 2.28. The van der Waals surface area contributed by atoms with Gasteiger partial charge >= 0.3 is 0 Å². The Morgan fingerprint density at radius 1 is 1.29 bits per heavy atom. The van der Waals surface area contributed by atoms with E-state index in [9.17, 15) is 0 Å². The molecule has 1 aromatic carbocycles. The second-order valence-corrected chi connectivity index (χ2v) is 4.59. The summed E-state index contributed by atoms with van der Waals surface area (Å²) in [5.74, 6) is 1.54. The standard InChI is InChI=1S/C14H22ClNO/c1-4-14(5-2,11-15)16-10-12-7-6-8-13(9-12)17-3/h6-9,16H,4-5,10-11H2,1-3H3. The molecule has 1 N–H and O–H groups in total. The van der Waals surface area contributed by atoms with Crippen LogP contribution in [0.2, 0.25) is 0 Å². The van der Waals surface area contributed by atoms with E-state index in [1.54, 1.807) is 7.11 Å². The average molecular weight is 256 g/mol. The number of benzene rings is 1. The van der Waals surface area contributed by atoms with Crippen LogP contribution in [0, 0.1) is 0 Å². The summed E-state index contributed by atoms with van der Waals surface area (Å²) in [6.45, 7) is 5.17. The Kier molecular flexibility index (Phi) is 5.79. The average Bonchev–Trinajstić information content (AvgIpc) is 2.41. The molecule has 0 saturated carbocycles. The van der Waals surface area contributed by atoms with Crippen molar-refractivity contribution in [2.24, 2.45) is 0 Å². The number of ether oxygens (including phenoxy) is 1. The fourth-order valence-electron chi connectivity index (χ4n) is 1.81. The van der Waals surface area contributed by atoms with Gasteiger partial charge in [-0.3, -0.25) is 0 Å². The molecule has 0 aliphatic carbocycles. The van der Waals surface area contributed by atoms with Gasteiger partial charge in [0.1, 0.15) is 5.75 Å². The summed E-state index contributed by atoms with van der Waals surface area (Å²) in [5, 5.41) is 3.56. The summed E-state index contributed by atoms with van der Waals surface area (Å²) in [5.41, 5.74) is 1.27. The van der Waals surface area contributed by atoms with Crippen LogP contribution in [0.5, 0.6) is 5.75 Å². The highest BCUT2D eigenvalue weighted by molar-refractivity contribution is 6.18. The Balaban J connectivity index is 2.65. The summed E-state index contributed by atoms with van der Waals surface area (Å²) in [6.07, 6.45) is 2.08. The second kappa shape index (κ2) is 6.87. The van der Waals surface area contributed by atoms with Gasteiger partial charge in [0.2, 0.25) is 0 Å². The maximum Gasteiger partial charge on any atom is 0.119 e. The highest BCUT2D eigenvalue weighted by Gasteiger charge is 2.23. The van der Waals surface area contributed by atoms with Crippen LogP contribution in [0.25, 0.3) is 0 Å². The van der Waals surface area contributed by atoms with Crippen LogP contribution < -0.4 is 10.1 Å². The van der Waals surface area contributed by atoms with Gasteiger partial charge in [-0.25, -0.2) is 0 Å². The molecule has 2 nitrogen and oxygen atoms in total. The van der Waals surface area contributed by atoms with E-state index in [2.05, 4.69) is 31.3 Å². The van der Waals surface area contributed by atoms with E-state index in [4.69, 9.17) is 16.3 Å². The van der Waals surface area contributed by atoms with Gasteiger partial charge in [-0.1, -0.05) is 26.0 Å². The summed E-state index contributed by atoms with van der Waals surface area (Å²) in [6, 6.07) is 8.12. The van der Waals surface area contributed by atoms with E-state index in [0.29, 0.717) is 5.88 Å². The molecule has 0 aliphatic rings. The lowest BCUT2D eigenvalue weighted by atomic mass is 9.95. The van der Waals surface area contributed by atoms with Crippen molar-refractivity contribution in [2.75, 3.05) is 13.0 Å². The predicted molar refractivity (Wildman–Crippen MR) is 73.9 cm³/mol. The largest absolute Gasteiger partial charge is 0.497 e. The molecule has 0 radical (unpaired) electrons. The molecule has 0 saturated heterocycles. The van der Waals surface area contributed by atoms with Gasteiger partial charge in [-0.2, -0.15) is 0 Å². The molecule has 1 rings (SSSR count). The van der Waals surface area contributed by atoms with Crippen LogP contribution in [0.4, 0.5) is 0 Å². The van der Waals surface area contributed by atoms with Crippen molar-refractivity contribution >= 4 is 11.6 Å². The van der Waals surface area contributed by atoms with Crippen molar-refractivity contribution in [3.8, 4) is 5.75 Å². The van der Waals surface area contributed by atoms with Crippen LogP contribution >= 0.6 is 11.6 Å². The summed E-state index contributed by atoms with van der Waals surface area (Å²) < 4.78 is 5.21. The molecule has 0 fully saturated rings. The Labute approximate surface area is 109 Å². The monoisotopic (exact) mass is 255 g/mol. The minimum Gasteiger partial charge on any atom is -0.497 e. The third-order valence-corrected chi connectivity index (χ3v) is 3.92. The number of alkyl halides is 1. The first-order chi connectivity index (χ1) is 8.19. The molecule has 0 aromatic heterocycles. The highest BCUT2D eigenvalue weighted by Crippen LogP contribution is 2.19. The van der Waals surface area contributed by atoms with Gasteiger partial charge in [0.05, 0.1) is 7.11 Å². The zero-order chi connectivity index (χ0) is 12.7. The van der Waals surface area contributed by atoms with Crippen molar-refractivity contribution in [1.82, 2.24) is 5.32 Å². The van der Waals surface area contributed by atoms with Crippen molar-refractivity contribution in [2.45, 2.75) is 38.8 Å². The summed E-state index contributed by atoms with van der Waals surface area (Å²) >= 11 is 6.06. The fraction of sp³-hybridized carbons (Fsp3) is 0.571. The van der Waals surface area contributed by atoms with Crippen molar-refractivity contribution in [1.29, 1.82) is 0 Å². The number of nitrogens with one attached hydrogen (secondary N) is 1. The first-order valence-electron chi connectivity index (χ1n) is 6.13. The van der Waals surface area contributed by atoms with Gasteiger partial charge in [0, 0.05) is 18.0 Å². The Hall–Kier alpha value is -0.730. The van der Waals surface area contributed by atoms with E-state index in [0.717, 1.165) is 25.1 Å². The molecule has 0 bridgehead atoms. The Morgan fingerprint density at radius 3 is 2.53 bits per heavy atom. The molecule has 0 unspecified atom stereocenters. The van der Waals surface area contributed by atoms with Gasteiger partial charge in [0.25, 0.3) is 0 Å². The van der Waals surface area contributed by atoms with Crippen LogP contribution in [0.3, 0.4) is 0 Å². The smallest absolute Gasteiger partial charge is 0.119 e. The third-order valence-electron chi connectivity index (χ3n) is 3.41. The van der Waals surface area contributed by atoms with Gasteiger partial charge < -0.3 is 10.1 Å². The maximum absolute atomic E-state index is 6.06. The van der Waals surface area contributed by atoms with Gasteiger partial charge in [-0.05, 0) is 30.5 Å². The first kappa shape index (κ1) is 14.3. The minimum absolute atomic E-state index is 0.0463. The molecule has 0 spiro atoms. The normalized spacial score (nSPS) is 11.5. The van der Waals surface area contributed by atoms with Crippen molar-refractivity contribution in [3.63, 3.8) is 0 Å². The summed E-state index contributed by atoms with van der Waals surface area (Å²) in [7, 11) is 1.69. The first-order valence-corrected chi connectivity index (χ1v) is 6.67. The SMILES string of the molecule is CCC(CC)(CCl)NCc1cccc(OC)c1. The minimum atomic E-state index is 0.0463. The second-order valence-electron chi connectivity index (χ2n) is 4.33. The molecule has 17 heavy (non-hydrogen) atoms. The van der Waals surface area contributed by atoms with E-state index < -0.39 is 0 Å². The number of methoxy groups -OCH3 is 1. The zero-order valence-electron chi connectivity index (χ0n) is 10.9. The van der Waals surface area contributed by atoms with Crippen LogP contribution in [0.15, 0.2) is 24.3 Å². The lowest BCUT2D eigenvalue weighted by Crippen LogP contribution is -2.45. The highest BCUT2D eigenvalue weighted by atomic mass is 35.5. The van der Waals surface area contributed by atoms with E-state index in [1.807, 2.05) is 12.1 Å². The molecular formula is C14H22ClNO. The van der Waals surface area contributed by atoms with Crippen LogP contribution in [-0.2, 0) is 6.54 Å². The molecule has 1 aromatic rings. The van der Waals surface area contributed by atoms with Crippen molar-refractivity contribution < 1.29 is 4.74 Å². The zero-order valence-corrected chi connectivity index (χ0v) is 11.7. The summed E-state index contributed by atoms with van der Waals surface area (Å²) in [4.78, 5) is 0. The molecule has 96 valence electrons. The molecule has 0 atom stereocenters. The number of hydrogen-bond donors (Lipinski definition) is 1. The molecular weight excluding hydrogens is 234 g/mol. The molecule has 0 heterocycles. The van der Waals surface area contributed by atoms with E-state index in [1.165, 1.54) is 5.56 Å². The van der Waals surface area contributed by atoms with E-state index >= 15 is 0 Å². The molecule has 0 aliphatic heterocycles. The Morgan fingerprint density at radius 2 is 2.00 bits per heavy atom. The number of hydrogen-bond acceptors (Lipinski definition) is 2. The Bertz CT molecular complexity index is 328. The van der Waals surface area contributed by atoms with Gasteiger partial charge in [-0.15, -0.1) is 11.6 Å². The molecule has 0 amide bonds. The van der Waals surface area contributed by atoms with Gasteiger partial charge in [0.15, 0.2) is 0 Å².